The molecule has 2 aliphatic rings. The van der Waals surface area contributed by atoms with Gasteiger partial charge in [-0.3, -0.25) is 0 Å². The second-order valence-electron chi connectivity index (χ2n) is 10.4. The summed E-state index contributed by atoms with van der Waals surface area (Å²) in [6, 6.07) is 12.3. The van der Waals surface area contributed by atoms with Gasteiger partial charge in [-0.05, 0) is 55.8 Å². The highest BCUT2D eigenvalue weighted by molar-refractivity contribution is 6.74. The Bertz CT molecular complexity index is 638. The molecule has 1 aromatic carbocycles. The average molecular weight is 413 g/mol. The van der Waals surface area contributed by atoms with E-state index in [0.717, 1.165) is 15.4 Å². The maximum Gasteiger partial charge on any atom is 0.192 e. The van der Waals surface area contributed by atoms with Crippen LogP contribution in [0.15, 0.2) is 42.0 Å². The van der Waals surface area contributed by atoms with Crippen molar-refractivity contribution in [3.05, 3.63) is 42.0 Å². The highest BCUT2D eigenvalue weighted by atomic mass is 28.4. The molecule has 0 spiro atoms. The van der Waals surface area contributed by atoms with Gasteiger partial charge in [-0.25, -0.2) is 0 Å². The van der Waals surface area contributed by atoms with E-state index in [9.17, 15) is 0 Å². The molecule has 0 saturated heterocycles. The van der Waals surface area contributed by atoms with Crippen LogP contribution >= 0.6 is 0 Å². The molecule has 0 amide bonds. The van der Waals surface area contributed by atoms with Crippen LogP contribution in [-0.2, 0) is 4.43 Å². The van der Waals surface area contributed by atoms with Crippen molar-refractivity contribution >= 4 is 23.0 Å². The molecule has 0 unspecified atom stereocenters. The third-order valence-electron chi connectivity index (χ3n) is 7.29. The Morgan fingerprint density at radius 1 is 1.04 bits per heavy atom. The minimum Gasteiger partial charge on any atom is -0.413 e. The van der Waals surface area contributed by atoms with E-state index in [2.05, 4.69) is 70.3 Å². The van der Waals surface area contributed by atoms with Crippen LogP contribution in [0.4, 0.5) is 0 Å². The molecule has 0 aromatic heterocycles. The maximum atomic E-state index is 6.99. The molecular formula is C25H40OSi2. The highest BCUT2D eigenvalue weighted by Gasteiger charge is 2.43. The summed E-state index contributed by atoms with van der Waals surface area (Å²) in [6.45, 7) is 12.0. The van der Waals surface area contributed by atoms with Crippen molar-refractivity contribution in [1.29, 1.82) is 0 Å². The standard InChI is InChI=1S/C25H40OSi2/c1-25(2,3)28(4,5)26-24-17-16-21(18-20-12-8-6-9-13-20)23(24)19-27-22-14-10-7-11-15-22/h7,10-11,14-15,18,20,23-24H,6,8-9,12-13,16-17,19H2,1-5H3/b21-18+/t23-,24+/m1/s1. The Kier molecular flexibility index (Phi) is 7.44. The van der Waals surface area contributed by atoms with Gasteiger partial charge < -0.3 is 4.43 Å². The first-order valence-electron chi connectivity index (χ1n) is 11.4. The van der Waals surface area contributed by atoms with Gasteiger partial charge in [0.05, 0.1) is 15.6 Å². The summed E-state index contributed by atoms with van der Waals surface area (Å²) in [5, 5.41) is 1.78. The molecular weight excluding hydrogens is 372 g/mol. The molecule has 1 aromatic rings. The SMILES string of the molecule is CC(C)(C)[Si](C)(C)O[C@H]1CC/C(=C\C2CCCCC2)[C@H]1C[Si]c1ccccc1. The maximum absolute atomic E-state index is 6.99. The van der Waals surface area contributed by atoms with Gasteiger partial charge in [0.25, 0.3) is 0 Å². The molecule has 154 valence electrons. The van der Waals surface area contributed by atoms with E-state index in [4.69, 9.17) is 4.43 Å². The molecule has 0 heterocycles. The fourth-order valence-electron chi connectivity index (χ4n) is 4.49. The molecule has 2 fully saturated rings. The summed E-state index contributed by atoms with van der Waals surface area (Å²) in [6.07, 6.45) is 12.7. The zero-order valence-corrected chi connectivity index (χ0v) is 20.8. The summed E-state index contributed by atoms with van der Waals surface area (Å²) >= 11 is 0. The molecule has 2 aliphatic carbocycles. The van der Waals surface area contributed by atoms with E-state index >= 15 is 0 Å². The normalized spacial score (nSPS) is 26.1. The van der Waals surface area contributed by atoms with Crippen LogP contribution in [0.2, 0.25) is 24.2 Å². The number of hydrogen-bond acceptors (Lipinski definition) is 1. The lowest BCUT2D eigenvalue weighted by atomic mass is 9.86. The summed E-state index contributed by atoms with van der Waals surface area (Å²) in [5.41, 5.74) is 1.74. The Hall–Kier alpha value is -0.646. The lowest BCUT2D eigenvalue weighted by Crippen LogP contribution is -2.45. The molecule has 28 heavy (non-hydrogen) atoms. The molecule has 2 radical (unpaired) electrons. The average Bonchev–Trinajstić information content (AvgIpc) is 3.01. The van der Waals surface area contributed by atoms with Gasteiger partial charge >= 0.3 is 0 Å². The molecule has 0 bridgehead atoms. The highest BCUT2D eigenvalue weighted by Crippen LogP contribution is 2.44. The molecule has 1 nitrogen and oxygen atoms in total. The quantitative estimate of drug-likeness (QED) is 0.371. The first-order chi connectivity index (χ1) is 13.3. The van der Waals surface area contributed by atoms with E-state index in [1.54, 1.807) is 5.57 Å². The second-order valence-corrected chi connectivity index (χ2v) is 16.5. The fraction of sp³-hybridized carbons (Fsp3) is 0.680. The van der Waals surface area contributed by atoms with Gasteiger partial charge in [0, 0.05) is 5.92 Å². The van der Waals surface area contributed by atoms with E-state index < -0.39 is 8.32 Å². The Morgan fingerprint density at radius 2 is 1.71 bits per heavy atom. The van der Waals surface area contributed by atoms with Gasteiger partial charge in [-0.15, -0.1) is 0 Å². The van der Waals surface area contributed by atoms with Crippen LogP contribution < -0.4 is 5.19 Å². The minimum absolute atomic E-state index is 0.287. The predicted octanol–water partition coefficient (Wildman–Crippen LogP) is 6.74. The number of allylic oxidation sites excluding steroid dienone is 1. The van der Waals surface area contributed by atoms with Crippen LogP contribution in [0.25, 0.3) is 0 Å². The third kappa shape index (κ3) is 5.70. The molecule has 0 N–H and O–H groups in total. The van der Waals surface area contributed by atoms with E-state index in [1.165, 1.54) is 56.2 Å². The van der Waals surface area contributed by atoms with Gasteiger partial charge in [-0.1, -0.05) is 87.2 Å². The summed E-state index contributed by atoms with van der Waals surface area (Å²) in [5.74, 6) is 1.47. The Balaban J connectivity index is 1.75. The summed E-state index contributed by atoms with van der Waals surface area (Å²) in [7, 11) is -0.836. The second kappa shape index (κ2) is 9.44. The zero-order valence-electron chi connectivity index (χ0n) is 18.8. The van der Waals surface area contributed by atoms with E-state index in [-0.39, 0.29) is 5.04 Å². The number of rotatable bonds is 6. The predicted molar refractivity (Wildman–Crippen MR) is 126 cm³/mol. The van der Waals surface area contributed by atoms with Crippen molar-refractivity contribution in [3.8, 4) is 0 Å². The van der Waals surface area contributed by atoms with Crippen LogP contribution in [0.5, 0.6) is 0 Å². The van der Waals surface area contributed by atoms with Crippen molar-refractivity contribution in [3.63, 3.8) is 0 Å². The van der Waals surface area contributed by atoms with E-state index in [0.29, 0.717) is 12.0 Å². The van der Waals surface area contributed by atoms with Crippen LogP contribution in [-0.4, -0.2) is 23.9 Å². The Morgan fingerprint density at radius 3 is 2.36 bits per heavy atom. The van der Waals surface area contributed by atoms with Gasteiger partial charge in [0.1, 0.15) is 0 Å². The van der Waals surface area contributed by atoms with Crippen LogP contribution in [0, 0.1) is 11.8 Å². The first-order valence-corrected chi connectivity index (χ1v) is 15.5. The molecule has 2 saturated carbocycles. The third-order valence-corrected chi connectivity index (χ3v) is 13.2. The van der Waals surface area contributed by atoms with Gasteiger partial charge in [0.15, 0.2) is 8.32 Å². The lowest BCUT2D eigenvalue weighted by molar-refractivity contribution is 0.156. The number of hydrogen-bond donors (Lipinski definition) is 0. The first kappa shape index (κ1) is 22.0. The topological polar surface area (TPSA) is 9.23 Å². The van der Waals surface area contributed by atoms with Crippen molar-refractivity contribution in [2.24, 2.45) is 11.8 Å². The molecule has 3 rings (SSSR count). The van der Waals surface area contributed by atoms with Crippen LogP contribution in [0.1, 0.15) is 65.7 Å². The van der Waals surface area contributed by atoms with Gasteiger partial charge in [-0.2, -0.15) is 0 Å². The van der Waals surface area contributed by atoms with Gasteiger partial charge in [0.2, 0.25) is 0 Å². The van der Waals surface area contributed by atoms with Crippen molar-refractivity contribution in [2.75, 3.05) is 0 Å². The van der Waals surface area contributed by atoms with E-state index in [1.807, 2.05) is 0 Å². The summed E-state index contributed by atoms with van der Waals surface area (Å²) < 4.78 is 6.99. The number of benzene rings is 1. The zero-order chi connectivity index (χ0) is 20.2. The minimum atomic E-state index is -1.73. The molecule has 3 heteroatoms. The smallest absolute Gasteiger partial charge is 0.192 e. The fourth-order valence-corrected chi connectivity index (χ4v) is 7.29. The monoisotopic (exact) mass is 412 g/mol. The largest absolute Gasteiger partial charge is 0.413 e. The molecule has 2 atom stereocenters. The van der Waals surface area contributed by atoms with Crippen molar-refractivity contribution in [2.45, 2.75) is 96.0 Å². The van der Waals surface area contributed by atoms with Crippen molar-refractivity contribution < 1.29 is 4.43 Å². The van der Waals surface area contributed by atoms with Crippen LogP contribution in [0.3, 0.4) is 0 Å². The Labute approximate surface area is 177 Å². The summed E-state index contributed by atoms with van der Waals surface area (Å²) in [4.78, 5) is 0. The van der Waals surface area contributed by atoms with Crippen molar-refractivity contribution in [1.82, 2.24) is 0 Å². The lowest BCUT2D eigenvalue weighted by Gasteiger charge is -2.40. The molecule has 0 aliphatic heterocycles.